The number of nitrogens with zero attached hydrogens (tertiary/aromatic N) is 1. The summed E-state index contributed by atoms with van der Waals surface area (Å²) in [4.78, 5) is 0. The molecule has 0 N–H and O–H groups in total. The molecule has 0 aliphatic carbocycles. The Hall–Kier alpha value is -0.300. The minimum atomic E-state index is 0.903. The second-order valence-electron chi connectivity index (χ2n) is 2.28. The molecule has 0 saturated carbocycles. The highest BCUT2D eigenvalue weighted by molar-refractivity contribution is 4.48. The van der Waals surface area contributed by atoms with Gasteiger partial charge in [-0.3, -0.25) is 0 Å². The molecule has 0 rings (SSSR count). The van der Waals surface area contributed by atoms with E-state index in [0.717, 1.165) is 11.0 Å². The molecule has 0 aromatic carbocycles. The Morgan fingerprint density at radius 3 is 2.00 bits per heavy atom. The van der Waals surface area contributed by atoms with Crippen LogP contribution < -0.4 is 0 Å². The molecule has 0 amide bonds. The first-order valence-corrected chi connectivity index (χ1v) is 2.58. The Bertz CT molecular complexity index is 64.6. The van der Waals surface area contributed by atoms with Crippen LogP contribution in [0.15, 0.2) is 12.8 Å². The van der Waals surface area contributed by atoms with Crippen LogP contribution in [0.1, 0.15) is 6.92 Å². The zero-order valence-electron chi connectivity index (χ0n) is 5.44. The van der Waals surface area contributed by atoms with E-state index in [2.05, 4.69) is 27.6 Å². The molecule has 0 heterocycles. The van der Waals surface area contributed by atoms with Crippen molar-refractivity contribution in [1.82, 2.24) is 0 Å². The number of rotatable bonds is 2. The van der Waals surface area contributed by atoms with Gasteiger partial charge < -0.3 is 4.48 Å². The zero-order valence-corrected chi connectivity index (χ0v) is 5.44. The van der Waals surface area contributed by atoms with Crippen molar-refractivity contribution >= 4 is 0 Å². The molecule has 0 aromatic heterocycles. The van der Waals surface area contributed by atoms with E-state index in [1.165, 1.54) is 0 Å². The molecule has 7 heavy (non-hydrogen) atoms. The lowest BCUT2D eigenvalue weighted by atomic mass is 10.5. The minimum Gasteiger partial charge on any atom is -0.303 e. The van der Waals surface area contributed by atoms with Crippen molar-refractivity contribution in [2.75, 3.05) is 20.6 Å². The summed E-state index contributed by atoms with van der Waals surface area (Å²) in [5, 5.41) is 0. The molecule has 1 nitrogen and oxygen atoms in total. The summed E-state index contributed by atoms with van der Waals surface area (Å²) in [6.45, 7) is 6.93. The van der Waals surface area contributed by atoms with E-state index in [1.807, 2.05) is 6.20 Å². The fraction of sp³-hybridized carbons (Fsp3) is 0.667. The summed E-state index contributed by atoms with van der Waals surface area (Å²) in [6, 6.07) is 0. The van der Waals surface area contributed by atoms with E-state index in [0.29, 0.717) is 0 Å². The fourth-order valence-corrected chi connectivity index (χ4v) is 0.129. The molecule has 0 fully saturated rings. The largest absolute Gasteiger partial charge is 0.303 e. The lowest BCUT2D eigenvalue weighted by Crippen LogP contribution is -2.31. The fourth-order valence-electron chi connectivity index (χ4n) is 0.129. The third-order valence-electron chi connectivity index (χ3n) is 1.31. The summed E-state index contributed by atoms with van der Waals surface area (Å²) < 4.78 is 0.903. The van der Waals surface area contributed by atoms with Gasteiger partial charge in [0.05, 0.1) is 26.8 Å². The molecule has 0 bridgehead atoms. The Balaban J connectivity index is 3.58. The lowest BCUT2D eigenvalue weighted by molar-refractivity contribution is -0.836. The molecule has 0 unspecified atom stereocenters. The summed E-state index contributed by atoms with van der Waals surface area (Å²) in [6.07, 6.45) is 1.93. The van der Waals surface area contributed by atoms with Crippen LogP contribution in [0, 0.1) is 0 Å². The Morgan fingerprint density at radius 1 is 1.57 bits per heavy atom. The van der Waals surface area contributed by atoms with E-state index in [9.17, 15) is 0 Å². The molecule has 0 saturated heterocycles. The van der Waals surface area contributed by atoms with Gasteiger partial charge in [0.15, 0.2) is 0 Å². The maximum absolute atomic E-state index is 3.68. The van der Waals surface area contributed by atoms with Gasteiger partial charge in [-0.1, -0.05) is 0 Å². The van der Waals surface area contributed by atoms with Gasteiger partial charge in [0.25, 0.3) is 0 Å². The lowest BCUT2D eigenvalue weighted by Gasteiger charge is -2.21. The number of hydrogen-bond acceptors (Lipinski definition) is 0. The molecular weight excluding hydrogens is 86.1 g/mol. The van der Waals surface area contributed by atoms with E-state index < -0.39 is 0 Å². The van der Waals surface area contributed by atoms with Crippen molar-refractivity contribution < 1.29 is 4.48 Å². The van der Waals surface area contributed by atoms with Crippen LogP contribution in [-0.2, 0) is 0 Å². The number of hydrogen-bond donors (Lipinski definition) is 0. The van der Waals surface area contributed by atoms with Gasteiger partial charge >= 0.3 is 0 Å². The molecule has 0 aromatic rings. The Morgan fingerprint density at radius 2 is 2.00 bits per heavy atom. The smallest absolute Gasteiger partial charge is 0.0881 e. The van der Waals surface area contributed by atoms with Crippen LogP contribution in [0.4, 0.5) is 0 Å². The second kappa shape index (κ2) is 2.12. The van der Waals surface area contributed by atoms with Crippen LogP contribution in [0.2, 0.25) is 0 Å². The van der Waals surface area contributed by atoms with Crippen molar-refractivity contribution in [2.45, 2.75) is 6.92 Å². The average Bonchev–Trinajstić information content (AvgIpc) is 1.68. The van der Waals surface area contributed by atoms with Crippen molar-refractivity contribution in [2.24, 2.45) is 0 Å². The van der Waals surface area contributed by atoms with Gasteiger partial charge in [0.2, 0.25) is 0 Å². The standard InChI is InChI=1S/C6H14N/c1-5-7(3,4)6-2/h5H,1,6H2,2-4H3/q+1. The maximum atomic E-state index is 3.68. The molecule has 0 aliphatic rings. The van der Waals surface area contributed by atoms with Crippen LogP contribution in [0.25, 0.3) is 0 Å². The molecule has 0 aliphatic heterocycles. The molecular formula is C6H14N+. The first-order chi connectivity index (χ1) is 3.12. The monoisotopic (exact) mass is 100 g/mol. The van der Waals surface area contributed by atoms with E-state index in [4.69, 9.17) is 0 Å². The topological polar surface area (TPSA) is 0 Å². The number of quaternary nitrogens is 1. The van der Waals surface area contributed by atoms with E-state index >= 15 is 0 Å². The summed E-state index contributed by atoms with van der Waals surface area (Å²) >= 11 is 0. The second-order valence-corrected chi connectivity index (χ2v) is 2.28. The third kappa shape index (κ3) is 2.40. The Kier molecular flexibility index (Phi) is 2.03. The van der Waals surface area contributed by atoms with Gasteiger partial charge in [-0.25, -0.2) is 0 Å². The molecule has 42 valence electrons. The van der Waals surface area contributed by atoms with Crippen molar-refractivity contribution in [3.8, 4) is 0 Å². The first-order valence-electron chi connectivity index (χ1n) is 2.58. The van der Waals surface area contributed by atoms with Gasteiger partial charge in [-0.05, 0) is 13.5 Å². The molecule has 1 heteroatoms. The van der Waals surface area contributed by atoms with E-state index in [-0.39, 0.29) is 0 Å². The normalized spacial score (nSPS) is 11.3. The van der Waals surface area contributed by atoms with Gasteiger partial charge in [-0.2, -0.15) is 0 Å². The first kappa shape index (κ1) is 6.70. The van der Waals surface area contributed by atoms with Crippen LogP contribution >= 0.6 is 0 Å². The third-order valence-corrected chi connectivity index (χ3v) is 1.31. The van der Waals surface area contributed by atoms with Crippen LogP contribution in [0.5, 0.6) is 0 Å². The average molecular weight is 100 g/mol. The Labute approximate surface area is 45.8 Å². The van der Waals surface area contributed by atoms with E-state index in [1.54, 1.807) is 0 Å². The summed E-state index contributed by atoms with van der Waals surface area (Å²) in [5.74, 6) is 0. The van der Waals surface area contributed by atoms with Crippen LogP contribution in [-0.4, -0.2) is 25.1 Å². The molecule has 0 atom stereocenters. The van der Waals surface area contributed by atoms with Gasteiger partial charge in [0, 0.05) is 0 Å². The zero-order chi connectivity index (χ0) is 5.91. The van der Waals surface area contributed by atoms with Crippen molar-refractivity contribution in [3.63, 3.8) is 0 Å². The highest BCUT2D eigenvalue weighted by Gasteiger charge is 2.02. The predicted octanol–water partition coefficient (Wildman–Crippen LogP) is 1.23. The SMILES string of the molecule is C=C[N+](C)(C)CC. The highest BCUT2D eigenvalue weighted by Crippen LogP contribution is 1.92. The summed E-state index contributed by atoms with van der Waals surface area (Å²) in [5.41, 5.74) is 0. The maximum Gasteiger partial charge on any atom is 0.0881 e. The van der Waals surface area contributed by atoms with Crippen LogP contribution in [0.3, 0.4) is 0 Å². The highest BCUT2D eigenvalue weighted by atomic mass is 15.3. The molecule has 0 radical (unpaired) electrons. The molecule has 0 spiro atoms. The van der Waals surface area contributed by atoms with Gasteiger partial charge in [0.1, 0.15) is 0 Å². The summed E-state index contributed by atoms with van der Waals surface area (Å²) in [7, 11) is 4.24. The predicted molar refractivity (Wildman–Crippen MR) is 32.8 cm³/mol. The van der Waals surface area contributed by atoms with Gasteiger partial charge in [-0.15, -0.1) is 0 Å². The minimum absolute atomic E-state index is 0.903. The quantitative estimate of drug-likeness (QED) is 0.458. The van der Waals surface area contributed by atoms with Crippen molar-refractivity contribution in [1.29, 1.82) is 0 Å². The van der Waals surface area contributed by atoms with Crippen molar-refractivity contribution in [3.05, 3.63) is 12.8 Å².